The number of nitrogens with one attached hydrogen (secondary N) is 1. The van der Waals surface area contributed by atoms with Crippen LogP contribution in [0.1, 0.15) is 44.6 Å². The number of hydrogen-bond donors (Lipinski definition) is 1. The van der Waals surface area contributed by atoms with E-state index in [4.69, 9.17) is 0 Å². The Bertz CT molecular complexity index is 365. The van der Waals surface area contributed by atoms with E-state index >= 15 is 0 Å². The number of hydrogen-bond acceptors (Lipinski definition) is 2. The van der Waals surface area contributed by atoms with Crippen molar-refractivity contribution in [1.29, 1.82) is 0 Å². The topological polar surface area (TPSA) is 32.3 Å². The maximum atomic E-state index is 11.9. The first kappa shape index (κ1) is 16.7. The predicted octanol–water partition coefficient (Wildman–Crippen LogP) is 3.21. The number of likely N-dealkylation sites (N-methyl/N-ethyl adjacent to an activating group) is 1. The molecule has 1 aromatic carbocycles. The van der Waals surface area contributed by atoms with Crippen LogP contribution in [-0.2, 0) is 11.3 Å². The van der Waals surface area contributed by atoms with Crippen molar-refractivity contribution in [2.45, 2.75) is 45.6 Å². The van der Waals surface area contributed by atoms with Gasteiger partial charge in [0.15, 0.2) is 0 Å². The second-order valence-electron chi connectivity index (χ2n) is 5.33. The molecule has 0 unspecified atom stereocenters. The summed E-state index contributed by atoms with van der Waals surface area (Å²) >= 11 is 0. The van der Waals surface area contributed by atoms with Crippen LogP contribution in [0.25, 0.3) is 0 Å². The van der Waals surface area contributed by atoms with Gasteiger partial charge in [0.25, 0.3) is 0 Å². The van der Waals surface area contributed by atoms with Crippen LogP contribution in [0.15, 0.2) is 30.3 Å². The largest absolute Gasteiger partial charge is 0.340 e. The van der Waals surface area contributed by atoms with E-state index in [0.29, 0.717) is 13.1 Å². The minimum atomic E-state index is 0.155. The van der Waals surface area contributed by atoms with Crippen LogP contribution in [0, 0.1) is 0 Å². The molecule has 0 aromatic heterocycles. The highest BCUT2D eigenvalue weighted by molar-refractivity contribution is 5.77. The van der Waals surface area contributed by atoms with Crippen molar-refractivity contribution in [2.24, 2.45) is 0 Å². The molecule has 0 heterocycles. The molecule has 0 atom stereocenters. The summed E-state index contributed by atoms with van der Waals surface area (Å²) in [7, 11) is 1.86. The first-order chi connectivity index (χ1) is 9.74. The molecule has 0 fully saturated rings. The Labute approximate surface area is 123 Å². The Morgan fingerprint density at radius 2 is 1.80 bits per heavy atom. The first-order valence-electron chi connectivity index (χ1n) is 7.72. The van der Waals surface area contributed by atoms with E-state index in [2.05, 4.69) is 12.2 Å². The molecule has 0 bridgehead atoms. The molecular weight excluding hydrogens is 248 g/mol. The number of carbonyl (C=O) groups is 1. The zero-order valence-electron chi connectivity index (χ0n) is 12.9. The summed E-state index contributed by atoms with van der Waals surface area (Å²) in [5, 5.41) is 3.24. The minimum Gasteiger partial charge on any atom is -0.340 e. The molecule has 1 N–H and O–H groups in total. The molecule has 0 saturated heterocycles. The Hall–Kier alpha value is -1.35. The lowest BCUT2D eigenvalue weighted by Gasteiger charge is -2.17. The summed E-state index contributed by atoms with van der Waals surface area (Å²) in [4.78, 5) is 13.7. The Morgan fingerprint density at radius 1 is 1.10 bits per heavy atom. The van der Waals surface area contributed by atoms with Crippen molar-refractivity contribution in [2.75, 3.05) is 20.1 Å². The lowest BCUT2D eigenvalue weighted by Crippen LogP contribution is -2.35. The summed E-state index contributed by atoms with van der Waals surface area (Å²) in [5.41, 5.74) is 1.17. The summed E-state index contributed by atoms with van der Waals surface area (Å²) in [6.45, 7) is 4.28. The Balaban J connectivity index is 2.10. The van der Waals surface area contributed by atoms with E-state index in [1.165, 1.54) is 31.2 Å². The van der Waals surface area contributed by atoms with Crippen LogP contribution in [0.2, 0.25) is 0 Å². The molecule has 20 heavy (non-hydrogen) atoms. The van der Waals surface area contributed by atoms with Crippen LogP contribution in [0.4, 0.5) is 0 Å². The van der Waals surface area contributed by atoms with Crippen molar-refractivity contribution in [3.05, 3.63) is 35.9 Å². The van der Waals surface area contributed by atoms with E-state index in [1.807, 2.05) is 37.4 Å². The number of unbranched alkanes of at least 4 members (excludes halogenated alkanes) is 4. The predicted molar refractivity (Wildman–Crippen MR) is 84.5 cm³/mol. The maximum Gasteiger partial charge on any atom is 0.236 e. The molecule has 0 aliphatic carbocycles. The second-order valence-corrected chi connectivity index (χ2v) is 5.33. The monoisotopic (exact) mass is 276 g/mol. The number of benzene rings is 1. The highest BCUT2D eigenvalue weighted by Gasteiger charge is 2.08. The van der Waals surface area contributed by atoms with Gasteiger partial charge < -0.3 is 10.2 Å². The van der Waals surface area contributed by atoms with E-state index in [-0.39, 0.29) is 5.91 Å². The number of rotatable bonds is 10. The molecule has 1 rings (SSSR count). The lowest BCUT2D eigenvalue weighted by atomic mass is 10.1. The zero-order valence-corrected chi connectivity index (χ0v) is 12.9. The van der Waals surface area contributed by atoms with Gasteiger partial charge in [0, 0.05) is 13.6 Å². The Morgan fingerprint density at radius 3 is 2.50 bits per heavy atom. The molecule has 3 heteroatoms. The fourth-order valence-electron chi connectivity index (χ4n) is 2.13. The van der Waals surface area contributed by atoms with Gasteiger partial charge in [-0.15, -0.1) is 0 Å². The summed E-state index contributed by atoms with van der Waals surface area (Å²) < 4.78 is 0. The van der Waals surface area contributed by atoms with Crippen LogP contribution in [0.3, 0.4) is 0 Å². The van der Waals surface area contributed by atoms with Gasteiger partial charge in [0.2, 0.25) is 5.91 Å². The lowest BCUT2D eigenvalue weighted by molar-refractivity contribution is -0.129. The van der Waals surface area contributed by atoms with Crippen LogP contribution >= 0.6 is 0 Å². The third-order valence-electron chi connectivity index (χ3n) is 3.42. The van der Waals surface area contributed by atoms with Crippen molar-refractivity contribution >= 4 is 5.91 Å². The minimum absolute atomic E-state index is 0.155. The smallest absolute Gasteiger partial charge is 0.236 e. The molecule has 0 aliphatic heterocycles. The van der Waals surface area contributed by atoms with Crippen molar-refractivity contribution < 1.29 is 4.79 Å². The molecule has 112 valence electrons. The molecule has 0 spiro atoms. The normalized spacial score (nSPS) is 10.5. The van der Waals surface area contributed by atoms with Crippen molar-refractivity contribution in [1.82, 2.24) is 10.2 Å². The van der Waals surface area contributed by atoms with E-state index in [9.17, 15) is 4.79 Å². The molecule has 0 radical (unpaired) electrons. The highest BCUT2D eigenvalue weighted by Crippen LogP contribution is 2.03. The molecule has 3 nitrogen and oxygen atoms in total. The van der Waals surface area contributed by atoms with E-state index in [1.54, 1.807) is 4.90 Å². The van der Waals surface area contributed by atoms with Crippen molar-refractivity contribution in [3.8, 4) is 0 Å². The fraction of sp³-hybridized carbons (Fsp3) is 0.588. The third kappa shape index (κ3) is 7.29. The SMILES string of the molecule is CCCCCCCNCC(=O)N(C)Cc1ccccc1. The third-order valence-corrected chi connectivity index (χ3v) is 3.42. The first-order valence-corrected chi connectivity index (χ1v) is 7.72. The van der Waals surface area contributed by atoms with Crippen LogP contribution < -0.4 is 5.32 Å². The highest BCUT2D eigenvalue weighted by atomic mass is 16.2. The number of carbonyl (C=O) groups excluding carboxylic acids is 1. The Kier molecular flexibility index (Phi) is 8.72. The van der Waals surface area contributed by atoms with Gasteiger partial charge in [0.05, 0.1) is 6.54 Å². The van der Waals surface area contributed by atoms with Gasteiger partial charge in [-0.2, -0.15) is 0 Å². The molecule has 0 saturated carbocycles. The van der Waals surface area contributed by atoms with Gasteiger partial charge >= 0.3 is 0 Å². The fourth-order valence-corrected chi connectivity index (χ4v) is 2.13. The van der Waals surface area contributed by atoms with Gasteiger partial charge in [-0.25, -0.2) is 0 Å². The van der Waals surface area contributed by atoms with E-state index < -0.39 is 0 Å². The summed E-state index contributed by atoms with van der Waals surface area (Å²) in [6.07, 6.45) is 6.32. The summed E-state index contributed by atoms with van der Waals surface area (Å²) in [6, 6.07) is 10.1. The maximum absolute atomic E-state index is 11.9. The molecule has 0 aliphatic rings. The van der Waals surface area contributed by atoms with E-state index in [0.717, 1.165) is 13.0 Å². The van der Waals surface area contributed by atoms with Crippen LogP contribution in [-0.4, -0.2) is 30.9 Å². The average molecular weight is 276 g/mol. The number of amides is 1. The zero-order chi connectivity index (χ0) is 14.6. The second kappa shape index (κ2) is 10.4. The van der Waals surface area contributed by atoms with Gasteiger partial charge in [0.1, 0.15) is 0 Å². The summed E-state index contributed by atoms with van der Waals surface area (Å²) in [5.74, 6) is 0.155. The van der Waals surface area contributed by atoms with Crippen LogP contribution in [0.5, 0.6) is 0 Å². The average Bonchev–Trinajstić information content (AvgIpc) is 2.47. The molecule has 1 amide bonds. The van der Waals surface area contributed by atoms with Gasteiger partial charge in [-0.1, -0.05) is 62.9 Å². The van der Waals surface area contributed by atoms with Crippen molar-refractivity contribution in [3.63, 3.8) is 0 Å². The number of nitrogens with zero attached hydrogens (tertiary/aromatic N) is 1. The van der Waals surface area contributed by atoms with Gasteiger partial charge in [-0.05, 0) is 18.5 Å². The molecular formula is C17H28N2O. The van der Waals surface area contributed by atoms with Gasteiger partial charge in [-0.3, -0.25) is 4.79 Å². The quantitative estimate of drug-likeness (QED) is 0.666. The molecule has 1 aromatic rings. The standard InChI is InChI=1S/C17H28N2O/c1-3-4-5-6-10-13-18-14-17(20)19(2)15-16-11-8-7-9-12-16/h7-9,11-12,18H,3-6,10,13-15H2,1-2H3.